The number of thiazole rings is 1. The Bertz CT molecular complexity index is 1650. The molecule has 4 aromatic rings. The van der Waals surface area contributed by atoms with Crippen LogP contribution in [0.3, 0.4) is 0 Å². The molecule has 1 aliphatic rings. The zero-order valence-corrected chi connectivity index (χ0v) is 25.7. The number of fused-ring (bicyclic) bond motifs is 1. The molecule has 5 rings (SSSR count). The van der Waals surface area contributed by atoms with Gasteiger partial charge in [-0.25, -0.2) is 4.98 Å². The number of nitrogens with two attached hydrogens (primary N) is 1. The third kappa shape index (κ3) is 6.42. The molecule has 1 unspecified atom stereocenters. The summed E-state index contributed by atoms with van der Waals surface area (Å²) < 4.78 is 5.70. The molecule has 226 valence electrons. The fourth-order valence-electron chi connectivity index (χ4n) is 5.39. The Hall–Kier alpha value is -4.22. The lowest BCUT2D eigenvalue weighted by Crippen LogP contribution is -2.57. The maximum Gasteiger partial charge on any atom is 0.287 e. The lowest BCUT2D eigenvalue weighted by Gasteiger charge is -2.35. The van der Waals surface area contributed by atoms with Crippen LogP contribution < -0.4 is 16.4 Å². The first-order valence-electron chi connectivity index (χ1n) is 14.2. The van der Waals surface area contributed by atoms with E-state index in [1.54, 1.807) is 35.6 Å². The highest BCUT2D eigenvalue weighted by Crippen LogP contribution is 2.30. The molecule has 0 spiro atoms. The Kier molecular flexibility index (Phi) is 8.31. The predicted molar refractivity (Wildman–Crippen MR) is 166 cm³/mol. The lowest BCUT2D eigenvalue weighted by atomic mass is 9.85. The van der Waals surface area contributed by atoms with E-state index in [0.717, 1.165) is 21.7 Å². The molecule has 1 fully saturated rings. The molecule has 0 saturated carbocycles. The second kappa shape index (κ2) is 11.8. The number of nitrogen functional groups attached to an aromatic ring is 1. The Labute approximate surface area is 254 Å². The van der Waals surface area contributed by atoms with Gasteiger partial charge in [0, 0.05) is 24.0 Å². The summed E-state index contributed by atoms with van der Waals surface area (Å²) in [7, 11) is 0. The number of amides is 3. The lowest BCUT2D eigenvalue weighted by molar-refractivity contribution is -0.142. The van der Waals surface area contributed by atoms with Gasteiger partial charge in [0.25, 0.3) is 5.91 Å². The largest absolute Gasteiger partial charge is 0.451 e. The molecule has 43 heavy (non-hydrogen) atoms. The molecule has 2 aromatic heterocycles. The number of nitrogens with zero attached hydrogens (tertiary/aromatic N) is 2. The molecule has 1 aliphatic heterocycles. The van der Waals surface area contributed by atoms with E-state index in [0.29, 0.717) is 16.7 Å². The van der Waals surface area contributed by atoms with Crippen molar-refractivity contribution < 1.29 is 23.9 Å². The SMILES string of the molecule is Cc1ncsc1-c1ccc([C@H](C)NC(=O)[C@@H]2C[C@@H](O)CN2C(=O)C(NC(=O)c2cc3cc(N)ccc3o2)C(C)(C)C)cc1. The number of aromatic nitrogens is 1. The second-order valence-corrected chi connectivity index (χ2v) is 13.1. The van der Waals surface area contributed by atoms with E-state index in [2.05, 4.69) is 15.6 Å². The minimum absolute atomic E-state index is 0.0133. The third-order valence-electron chi connectivity index (χ3n) is 7.79. The second-order valence-electron chi connectivity index (χ2n) is 12.2. The van der Waals surface area contributed by atoms with E-state index in [1.807, 2.05) is 64.4 Å². The summed E-state index contributed by atoms with van der Waals surface area (Å²) in [5.74, 6) is -1.33. The van der Waals surface area contributed by atoms with Crippen molar-refractivity contribution in [2.24, 2.45) is 5.41 Å². The summed E-state index contributed by atoms with van der Waals surface area (Å²) in [5, 5.41) is 17.0. The monoisotopic (exact) mass is 603 g/mol. The van der Waals surface area contributed by atoms with Gasteiger partial charge in [-0.2, -0.15) is 0 Å². The number of aliphatic hydroxyl groups excluding tert-OH is 1. The van der Waals surface area contributed by atoms with E-state index in [9.17, 15) is 19.5 Å². The molecule has 2 aromatic carbocycles. The summed E-state index contributed by atoms with van der Waals surface area (Å²) in [6.07, 6.45) is -0.766. The number of likely N-dealkylation sites (tertiary alicyclic amines) is 1. The first-order valence-corrected chi connectivity index (χ1v) is 15.1. The van der Waals surface area contributed by atoms with Crippen LogP contribution >= 0.6 is 11.3 Å². The number of anilines is 1. The van der Waals surface area contributed by atoms with E-state index in [4.69, 9.17) is 10.2 Å². The van der Waals surface area contributed by atoms with Crippen molar-refractivity contribution in [3.05, 3.63) is 71.1 Å². The summed E-state index contributed by atoms with van der Waals surface area (Å²) in [4.78, 5) is 47.5. The van der Waals surface area contributed by atoms with Gasteiger partial charge in [-0.15, -0.1) is 11.3 Å². The number of carbonyl (C=O) groups is 3. The van der Waals surface area contributed by atoms with E-state index >= 15 is 0 Å². The van der Waals surface area contributed by atoms with Gasteiger partial charge in [-0.3, -0.25) is 14.4 Å². The molecule has 0 bridgehead atoms. The van der Waals surface area contributed by atoms with Crippen LogP contribution in [0.4, 0.5) is 5.69 Å². The smallest absolute Gasteiger partial charge is 0.287 e. The number of aryl methyl sites for hydroxylation is 1. The molecule has 0 radical (unpaired) electrons. The zero-order chi connectivity index (χ0) is 31.1. The molecular formula is C32H37N5O5S. The molecular weight excluding hydrogens is 566 g/mol. The Morgan fingerprint density at radius 1 is 1.12 bits per heavy atom. The fourth-order valence-corrected chi connectivity index (χ4v) is 6.20. The van der Waals surface area contributed by atoms with E-state index in [-0.39, 0.29) is 30.7 Å². The normalized spacial score (nSPS) is 18.4. The molecule has 0 aliphatic carbocycles. The number of hydrogen-bond donors (Lipinski definition) is 4. The van der Waals surface area contributed by atoms with Crippen molar-refractivity contribution >= 4 is 45.7 Å². The Morgan fingerprint density at radius 2 is 1.84 bits per heavy atom. The standard InChI is InChI=1S/C32H37N5O5S/c1-17(19-6-8-20(9-7-19)27-18(2)34-16-43-27)35-29(39)24-14-23(38)15-37(24)31(41)28(32(3,4)5)36-30(40)26-13-21-12-22(33)10-11-25(21)42-26/h6-13,16-17,23-24,28,38H,14-15,33H2,1-5H3,(H,35,39)(H,36,40)/t17-,23+,24-,28?/m0/s1. The van der Waals surface area contributed by atoms with Crippen LogP contribution in [0.5, 0.6) is 0 Å². The van der Waals surface area contributed by atoms with Crippen LogP contribution in [0.2, 0.25) is 0 Å². The van der Waals surface area contributed by atoms with Crippen molar-refractivity contribution in [3.8, 4) is 10.4 Å². The van der Waals surface area contributed by atoms with Gasteiger partial charge in [0.05, 0.1) is 28.2 Å². The first kappa shape index (κ1) is 30.2. The molecule has 3 heterocycles. The number of benzene rings is 2. The zero-order valence-electron chi connectivity index (χ0n) is 24.9. The van der Waals surface area contributed by atoms with Gasteiger partial charge < -0.3 is 30.8 Å². The van der Waals surface area contributed by atoms with Gasteiger partial charge in [-0.05, 0) is 54.7 Å². The van der Waals surface area contributed by atoms with Crippen LogP contribution in [0.25, 0.3) is 21.4 Å². The number of aliphatic hydroxyl groups is 1. The van der Waals surface area contributed by atoms with Gasteiger partial charge in [0.2, 0.25) is 11.8 Å². The Balaban J connectivity index is 1.30. The summed E-state index contributed by atoms with van der Waals surface area (Å²) in [5.41, 5.74) is 10.9. The number of hydrogen-bond acceptors (Lipinski definition) is 8. The van der Waals surface area contributed by atoms with Crippen LogP contribution in [0, 0.1) is 12.3 Å². The van der Waals surface area contributed by atoms with Gasteiger partial charge in [0.15, 0.2) is 5.76 Å². The van der Waals surface area contributed by atoms with Gasteiger partial charge in [-0.1, -0.05) is 45.0 Å². The van der Waals surface area contributed by atoms with Gasteiger partial charge in [0.1, 0.15) is 17.7 Å². The van der Waals surface area contributed by atoms with Crippen molar-refractivity contribution in [1.82, 2.24) is 20.5 Å². The van der Waals surface area contributed by atoms with Crippen molar-refractivity contribution in [1.29, 1.82) is 0 Å². The van der Waals surface area contributed by atoms with Crippen LogP contribution in [-0.4, -0.2) is 57.4 Å². The molecule has 4 atom stereocenters. The average molecular weight is 604 g/mol. The highest BCUT2D eigenvalue weighted by molar-refractivity contribution is 7.13. The van der Waals surface area contributed by atoms with E-state index in [1.165, 1.54) is 4.90 Å². The molecule has 1 saturated heterocycles. The summed E-state index contributed by atoms with van der Waals surface area (Å²) in [6, 6.07) is 12.4. The average Bonchev–Trinajstić information content (AvgIpc) is 3.68. The molecule has 10 nitrogen and oxygen atoms in total. The number of carbonyl (C=O) groups excluding carboxylic acids is 3. The quantitative estimate of drug-likeness (QED) is 0.228. The Morgan fingerprint density at radius 3 is 2.49 bits per heavy atom. The highest BCUT2D eigenvalue weighted by atomic mass is 32.1. The minimum Gasteiger partial charge on any atom is -0.451 e. The van der Waals surface area contributed by atoms with Crippen molar-refractivity contribution in [2.75, 3.05) is 12.3 Å². The van der Waals surface area contributed by atoms with Crippen LogP contribution in [-0.2, 0) is 9.59 Å². The molecule has 11 heteroatoms. The van der Waals surface area contributed by atoms with Crippen molar-refractivity contribution in [3.63, 3.8) is 0 Å². The summed E-state index contributed by atoms with van der Waals surface area (Å²) >= 11 is 1.58. The number of rotatable bonds is 7. The predicted octanol–water partition coefficient (Wildman–Crippen LogP) is 4.43. The van der Waals surface area contributed by atoms with Crippen molar-refractivity contribution in [2.45, 2.75) is 65.3 Å². The van der Waals surface area contributed by atoms with Crippen LogP contribution in [0.15, 0.2) is 58.5 Å². The number of β-amino-alcohol motifs (C(OH)–C–C–N with tert-alkyl or cyclic N) is 1. The first-order chi connectivity index (χ1) is 20.3. The maximum atomic E-state index is 13.9. The van der Waals surface area contributed by atoms with Crippen LogP contribution in [0.1, 0.15) is 62.0 Å². The fraction of sp³-hybridized carbons (Fsp3) is 0.375. The third-order valence-corrected chi connectivity index (χ3v) is 8.77. The summed E-state index contributed by atoms with van der Waals surface area (Å²) in [6.45, 7) is 9.32. The van der Waals surface area contributed by atoms with Gasteiger partial charge >= 0.3 is 0 Å². The maximum absolute atomic E-state index is 13.9. The number of nitrogens with one attached hydrogen (secondary N) is 2. The van der Waals surface area contributed by atoms with E-state index < -0.39 is 35.4 Å². The topological polar surface area (TPSA) is 151 Å². The molecule has 3 amide bonds. The molecule has 5 N–H and O–H groups in total. The number of furan rings is 1. The minimum atomic E-state index is -0.987. The highest BCUT2D eigenvalue weighted by Gasteiger charge is 2.45.